The number of halogens is 1. The van der Waals surface area contributed by atoms with Gasteiger partial charge in [0.25, 0.3) is 0 Å². The number of alkyl halides is 1. The van der Waals surface area contributed by atoms with Crippen LogP contribution in [0.2, 0.25) is 0 Å². The van der Waals surface area contributed by atoms with Gasteiger partial charge < -0.3 is 0 Å². The van der Waals surface area contributed by atoms with Crippen LogP contribution < -0.4 is 0 Å². The Kier molecular flexibility index (Phi) is 2.59. The molecule has 0 radical (unpaired) electrons. The van der Waals surface area contributed by atoms with Crippen molar-refractivity contribution in [2.75, 3.05) is 0 Å². The Morgan fingerprint density at radius 3 is 3.00 bits per heavy atom. The van der Waals surface area contributed by atoms with E-state index in [2.05, 4.69) is 13.0 Å². The molecule has 0 spiro atoms. The van der Waals surface area contributed by atoms with E-state index in [1.807, 2.05) is 0 Å². The molecule has 1 rings (SSSR count). The van der Waals surface area contributed by atoms with Crippen molar-refractivity contribution in [2.24, 2.45) is 0 Å². The van der Waals surface area contributed by atoms with Crippen LogP contribution in [0.1, 0.15) is 32.6 Å². The molecule has 0 N–H and O–H groups in total. The average Bonchev–Trinajstić information content (AvgIpc) is 2.17. The molecule has 0 heterocycles. The summed E-state index contributed by atoms with van der Waals surface area (Å²) in [6.45, 7) is 2.21. The third-order valence-corrected chi connectivity index (χ3v) is 2.07. The van der Waals surface area contributed by atoms with E-state index < -0.39 is 0 Å². The normalized spacial score (nSPS) is 26.4. The van der Waals surface area contributed by atoms with Gasteiger partial charge in [-0.05, 0) is 19.3 Å². The van der Waals surface area contributed by atoms with Crippen LogP contribution >= 0.6 is 11.6 Å². The lowest BCUT2D eigenvalue weighted by Crippen LogP contribution is -1.81. The van der Waals surface area contributed by atoms with Gasteiger partial charge in [-0.3, -0.25) is 0 Å². The molecular formula is C8H13Cl. The molecule has 0 saturated carbocycles. The Balaban J connectivity index is 2.33. The molecule has 0 saturated heterocycles. The monoisotopic (exact) mass is 144 g/mol. The fourth-order valence-corrected chi connectivity index (χ4v) is 1.56. The zero-order chi connectivity index (χ0) is 6.69. The van der Waals surface area contributed by atoms with E-state index in [0.29, 0.717) is 5.38 Å². The molecular weight excluding hydrogens is 132 g/mol. The molecule has 0 amide bonds. The standard InChI is InChI=1S/C8H13Cl/c1-2-3-7-4-5-8(9)6-7/h6,8H,2-5H2,1H3. The van der Waals surface area contributed by atoms with E-state index in [4.69, 9.17) is 11.6 Å². The largest absolute Gasteiger partial charge is 0.118 e. The lowest BCUT2D eigenvalue weighted by atomic mass is 10.1. The molecule has 0 bridgehead atoms. The zero-order valence-electron chi connectivity index (χ0n) is 5.86. The molecule has 1 aliphatic rings. The topological polar surface area (TPSA) is 0 Å². The quantitative estimate of drug-likeness (QED) is 0.413. The fourth-order valence-electron chi connectivity index (χ4n) is 1.28. The molecule has 0 nitrogen and oxygen atoms in total. The highest BCUT2D eigenvalue weighted by Gasteiger charge is 2.11. The summed E-state index contributed by atoms with van der Waals surface area (Å²) < 4.78 is 0. The highest BCUT2D eigenvalue weighted by Crippen LogP contribution is 2.25. The first-order valence-electron chi connectivity index (χ1n) is 3.66. The molecule has 1 unspecified atom stereocenters. The van der Waals surface area contributed by atoms with Gasteiger partial charge in [0.1, 0.15) is 0 Å². The number of hydrogen-bond acceptors (Lipinski definition) is 0. The Morgan fingerprint density at radius 2 is 2.56 bits per heavy atom. The van der Waals surface area contributed by atoms with Gasteiger partial charge in [-0.1, -0.05) is 25.0 Å². The summed E-state index contributed by atoms with van der Waals surface area (Å²) in [4.78, 5) is 0. The number of allylic oxidation sites excluding steroid dienone is 2. The summed E-state index contributed by atoms with van der Waals surface area (Å²) in [6.07, 6.45) is 7.13. The van der Waals surface area contributed by atoms with Crippen LogP contribution in [0.3, 0.4) is 0 Å². The first kappa shape index (κ1) is 7.14. The summed E-state index contributed by atoms with van der Waals surface area (Å²) in [7, 11) is 0. The Bertz CT molecular complexity index is 116. The minimum atomic E-state index is 0.339. The van der Waals surface area contributed by atoms with E-state index in [1.54, 1.807) is 5.57 Å². The third-order valence-electron chi connectivity index (χ3n) is 1.73. The molecule has 1 heteroatoms. The Labute approximate surface area is 61.9 Å². The second-order valence-corrected chi connectivity index (χ2v) is 3.19. The van der Waals surface area contributed by atoms with E-state index in [0.717, 1.165) is 6.42 Å². The second kappa shape index (κ2) is 3.26. The van der Waals surface area contributed by atoms with Crippen molar-refractivity contribution >= 4 is 11.6 Å². The van der Waals surface area contributed by atoms with Gasteiger partial charge in [0.15, 0.2) is 0 Å². The van der Waals surface area contributed by atoms with Gasteiger partial charge in [-0.2, -0.15) is 0 Å². The van der Waals surface area contributed by atoms with Crippen LogP contribution in [0.25, 0.3) is 0 Å². The molecule has 0 aromatic rings. The van der Waals surface area contributed by atoms with Crippen LogP contribution in [0.4, 0.5) is 0 Å². The fraction of sp³-hybridized carbons (Fsp3) is 0.750. The summed E-state index contributed by atoms with van der Waals surface area (Å²) in [6, 6.07) is 0. The van der Waals surface area contributed by atoms with E-state index in [9.17, 15) is 0 Å². The van der Waals surface area contributed by atoms with E-state index in [1.165, 1.54) is 19.3 Å². The molecule has 0 aromatic heterocycles. The van der Waals surface area contributed by atoms with E-state index >= 15 is 0 Å². The van der Waals surface area contributed by atoms with Gasteiger partial charge in [0.05, 0.1) is 5.38 Å². The third kappa shape index (κ3) is 2.02. The highest BCUT2D eigenvalue weighted by atomic mass is 35.5. The van der Waals surface area contributed by atoms with Crippen molar-refractivity contribution in [3.05, 3.63) is 11.6 Å². The molecule has 1 aliphatic carbocycles. The maximum Gasteiger partial charge on any atom is 0.0521 e. The van der Waals surface area contributed by atoms with Gasteiger partial charge in [-0.15, -0.1) is 11.6 Å². The van der Waals surface area contributed by atoms with Crippen molar-refractivity contribution in [3.8, 4) is 0 Å². The summed E-state index contributed by atoms with van der Waals surface area (Å²) in [5.74, 6) is 0. The molecule has 0 aliphatic heterocycles. The van der Waals surface area contributed by atoms with Crippen LogP contribution in [0.5, 0.6) is 0 Å². The van der Waals surface area contributed by atoms with Crippen molar-refractivity contribution in [2.45, 2.75) is 38.0 Å². The number of rotatable bonds is 2. The van der Waals surface area contributed by atoms with Gasteiger partial charge in [-0.25, -0.2) is 0 Å². The maximum atomic E-state index is 5.87. The molecule has 0 fully saturated rings. The summed E-state index contributed by atoms with van der Waals surface area (Å²) in [5.41, 5.74) is 1.57. The average molecular weight is 145 g/mol. The zero-order valence-corrected chi connectivity index (χ0v) is 6.62. The van der Waals surface area contributed by atoms with Gasteiger partial charge >= 0.3 is 0 Å². The first-order chi connectivity index (χ1) is 4.33. The van der Waals surface area contributed by atoms with Gasteiger partial charge in [0.2, 0.25) is 0 Å². The lowest BCUT2D eigenvalue weighted by Gasteiger charge is -1.93. The molecule has 0 aromatic carbocycles. The highest BCUT2D eigenvalue weighted by molar-refractivity contribution is 6.22. The lowest BCUT2D eigenvalue weighted by molar-refractivity contribution is 0.832. The smallest absolute Gasteiger partial charge is 0.0521 e. The van der Waals surface area contributed by atoms with Crippen LogP contribution in [0, 0.1) is 0 Å². The predicted octanol–water partition coefficient (Wildman–Crippen LogP) is 3.11. The maximum absolute atomic E-state index is 5.87. The van der Waals surface area contributed by atoms with Gasteiger partial charge in [0, 0.05) is 0 Å². The summed E-state index contributed by atoms with van der Waals surface area (Å²) >= 11 is 5.87. The molecule has 52 valence electrons. The van der Waals surface area contributed by atoms with Crippen molar-refractivity contribution in [3.63, 3.8) is 0 Å². The molecule has 9 heavy (non-hydrogen) atoms. The van der Waals surface area contributed by atoms with Crippen molar-refractivity contribution in [1.82, 2.24) is 0 Å². The minimum absolute atomic E-state index is 0.339. The second-order valence-electron chi connectivity index (χ2n) is 2.63. The van der Waals surface area contributed by atoms with Crippen molar-refractivity contribution in [1.29, 1.82) is 0 Å². The Morgan fingerprint density at radius 1 is 1.78 bits per heavy atom. The van der Waals surface area contributed by atoms with Crippen LogP contribution in [-0.2, 0) is 0 Å². The number of hydrogen-bond donors (Lipinski definition) is 0. The predicted molar refractivity (Wildman–Crippen MR) is 41.9 cm³/mol. The van der Waals surface area contributed by atoms with Crippen LogP contribution in [0.15, 0.2) is 11.6 Å². The summed E-state index contributed by atoms with van der Waals surface area (Å²) in [5, 5.41) is 0.339. The first-order valence-corrected chi connectivity index (χ1v) is 4.10. The van der Waals surface area contributed by atoms with E-state index in [-0.39, 0.29) is 0 Å². The Hall–Kier alpha value is 0.0300. The van der Waals surface area contributed by atoms with Crippen LogP contribution in [-0.4, -0.2) is 5.38 Å². The van der Waals surface area contributed by atoms with Crippen molar-refractivity contribution < 1.29 is 0 Å². The molecule has 1 atom stereocenters. The minimum Gasteiger partial charge on any atom is -0.118 e. The SMILES string of the molecule is CCCC1=CC(Cl)CC1.